The number of methoxy groups -OCH3 is 1. The fourth-order valence-corrected chi connectivity index (χ4v) is 2.31. The van der Waals surface area contributed by atoms with Crippen LogP contribution in [0.25, 0.3) is 0 Å². The maximum atomic E-state index is 11.1. The molecule has 0 atom stereocenters. The first-order valence-corrected chi connectivity index (χ1v) is 7.43. The summed E-state index contributed by atoms with van der Waals surface area (Å²) in [5.74, 6) is 0.448. The van der Waals surface area contributed by atoms with Crippen LogP contribution in [0.15, 0.2) is 36.4 Å². The third-order valence-corrected chi connectivity index (χ3v) is 3.52. The third kappa shape index (κ3) is 3.94. The van der Waals surface area contributed by atoms with Gasteiger partial charge in [-0.05, 0) is 37.6 Å². The zero-order valence-electron chi connectivity index (χ0n) is 13.6. The highest BCUT2D eigenvalue weighted by molar-refractivity contribution is 5.89. The van der Waals surface area contributed by atoms with Gasteiger partial charge in [-0.3, -0.25) is 0 Å². The maximum absolute atomic E-state index is 11.1. The molecular formula is C18H21NO4. The lowest BCUT2D eigenvalue weighted by atomic mass is 10.1. The van der Waals surface area contributed by atoms with E-state index in [9.17, 15) is 4.79 Å². The molecule has 122 valence electrons. The third-order valence-electron chi connectivity index (χ3n) is 3.52. The molecule has 0 bridgehead atoms. The summed E-state index contributed by atoms with van der Waals surface area (Å²) in [6.07, 6.45) is 0. The number of rotatable bonds is 7. The van der Waals surface area contributed by atoms with Crippen molar-refractivity contribution in [2.24, 2.45) is 0 Å². The molecule has 5 nitrogen and oxygen atoms in total. The molecule has 0 saturated heterocycles. The maximum Gasteiger partial charge on any atom is 0.335 e. The van der Waals surface area contributed by atoms with Gasteiger partial charge in [0.05, 0.1) is 19.3 Å². The van der Waals surface area contributed by atoms with Crippen LogP contribution in [0.5, 0.6) is 11.5 Å². The van der Waals surface area contributed by atoms with Gasteiger partial charge >= 0.3 is 5.97 Å². The number of anilines is 1. The summed E-state index contributed by atoms with van der Waals surface area (Å²) in [7, 11) is 1.61. The van der Waals surface area contributed by atoms with Crippen LogP contribution in [0.4, 0.5) is 5.69 Å². The van der Waals surface area contributed by atoms with Gasteiger partial charge in [0.15, 0.2) is 11.5 Å². The van der Waals surface area contributed by atoms with E-state index in [-0.39, 0.29) is 5.56 Å². The Morgan fingerprint density at radius 2 is 2.04 bits per heavy atom. The zero-order chi connectivity index (χ0) is 16.8. The van der Waals surface area contributed by atoms with Gasteiger partial charge < -0.3 is 19.9 Å². The summed E-state index contributed by atoms with van der Waals surface area (Å²) in [6.45, 7) is 4.91. The van der Waals surface area contributed by atoms with Crippen LogP contribution < -0.4 is 14.8 Å². The Labute approximate surface area is 135 Å². The molecule has 0 amide bonds. The second kappa shape index (κ2) is 7.54. The number of nitrogens with one attached hydrogen (secondary N) is 1. The van der Waals surface area contributed by atoms with Crippen LogP contribution in [0.3, 0.4) is 0 Å². The van der Waals surface area contributed by atoms with Crippen molar-refractivity contribution >= 4 is 11.7 Å². The number of aromatic carboxylic acids is 1. The van der Waals surface area contributed by atoms with Crippen molar-refractivity contribution in [2.45, 2.75) is 20.4 Å². The largest absolute Gasteiger partial charge is 0.493 e. The molecule has 0 heterocycles. The molecule has 0 aliphatic carbocycles. The standard InChI is InChI=1S/C18H21NO4/c1-4-23-17-14(6-5-7-16(17)22-3)11-19-15-10-13(18(20)21)9-8-12(15)2/h5-10,19H,4,11H2,1-3H3,(H,20,21). The van der Waals surface area contributed by atoms with Gasteiger partial charge in [0.2, 0.25) is 0 Å². The molecule has 5 heteroatoms. The van der Waals surface area contributed by atoms with Crippen molar-refractivity contribution in [1.82, 2.24) is 0 Å². The first-order valence-electron chi connectivity index (χ1n) is 7.43. The fourth-order valence-electron chi connectivity index (χ4n) is 2.31. The Balaban J connectivity index is 2.24. The SMILES string of the molecule is CCOc1c(CNc2cc(C(=O)O)ccc2C)cccc1OC. The van der Waals surface area contributed by atoms with E-state index < -0.39 is 5.97 Å². The van der Waals surface area contributed by atoms with Gasteiger partial charge in [0, 0.05) is 17.8 Å². The lowest BCUT2D eigenvalue weighted by molar-refractivity contribution is 0.0697. The van der Waals surface area contributed by atoms with E-state index in [1.54, 1.807) is 25.3 Å². The average Bonchev–Trinajstić information content (AvgIpc) is 2.55. The van der Waals surface area contributed by atoms with Gasteiger partial charge in [-0.15, -0.1) is 0 Å². The summed E-state index contributed by atoms with van der Waals surface area (Å²) in [4.78, 5) is 11.1. The van der Waals surface area contributed by atoms with Crippen LogP contribution in [0, 0.1) is 6.92 Å². The van der Waals surface area contributed by atoms with Crippen molar-refractivity contribution in [1.29, 1.82) is 0 Å². The Hall–Kier alpha value is -2.69. The molecule has 2 N–H and O–H groups in total. The van der Waals surface area contributed by atoms with Crippen LogP contribution >= 0.6 is 0 Å². The number of carboxylic acid groups (broad SMARTS) is 1. The quantitative estimate of drug-likeness (QED) is 0.815. The Kier molecular flexibility index (Phi) is 5.46. The van der Waals surface area contributed by atoms with E-state index in [1.165, 1.54) is 0 Å². The van der Waals surface area contributed by atoms with Gasteiger partial charge in [-0.2, -0.15) is 0 Å². The van der Waals surface area contributed by atoms with E-state index >= 15 is 0 Å². The topological polar surface area (TPSA) is 67.8 Å². The minimum absolute atomic E-state index is 0.258. The Morgan fingerprint density at radius 1 is 1.26 bits per heavy atom. The lowest BCUT2D eigenvalue weighted by Gasteiger charge is -2.16. The number of aryl methyl sites for hydroxylation is 1. The van der Waals surface area contributed by atoms with Crippen molar-refractivity contribution in [3.05, 3.63) is 53.1 Å². The highest BCUT2D eigenvalue weighted by Crippen LogP contribution is 2.32. The zero-order valence-corrected chi connectivity index (χ0v) is 13.6. The molecule has 2 aromatic rings. The molecule has 0 radical (unpaired) electrons. The highest BCUT2D eigenvalue weighted by atomic mass is 16.5. The van der Waals surface area contributed by atoms with Crippen molar-refractivity contribution in [2.75, 3.05) is 19.0 Å². The number of para-hydroxylation sites is 1. The Morgan fingerprint density at radius 3 is 2.70 bits per heavy atom. The number of hydrogen-bond donors (Lipinski definition) is 2. The monoisotopic (exact) mass is 315 g/mol. The molecule has 23 heavy (non-hydrogen) atoms. The van der Waals surface area contributed by atoms with Gasteiger partial charge in [-0.25, -0.2) is 4.79 Å². The van der Waals surface area contributed by atoms with Crippen LogP contribution in [0.2, 0.25) is 0 Å². The average molecular weight is 315 g/mol. The number of carboxylic acids is 1. The van der Waals surface area contributed by atoms with Gasteiger partial charge in [0.25, 0.3) is 0 Å². The first-order chi connectivity index (χ1) is 11.1. The number of hydrogen-bond acceptors (Lipinski definition) is 4. The minimum Gasteiger partial charge on any atom is -0.493 e. The predicted molar refractivity (Wildman–Crippen MR) is 89.6 cm³/mol. The summed E-state index contributed by atoms with van der Waals surface area (Å²) in [6, 6.07) is 10.7. The molecule has 0 fully saturated rings. The second-order valence-electron chi connectivity index (χ2n) is 5.07. The molecule has 2 rings (SSSR count). The fraction of sp³-hybridized carbons (Fsp3) is 0.278. The molecule has 0 saturated carbocycles. The van der Waals surface area contributed by atoms with E-state index in [0.29, 0.717) is 24.7 Å². The molecule has 2 aromatic carbocycles. The molecule has 0 aromatic heterocycles. The van der Waals surface area contributed by atoms with E-state index in [1.807, 2.05) is 32.0 Å². The molecular weight excluding hydrogens is 294 g/mol. The van der Waals surface area contributed by atoms with Crippen LogP contribution in [0.1, 0.15) is 28.4 Å². The van der Waals surface area contributed by atoms with Crippen LogP contribution in [-0.4, -0.2) is 24.8 Å². The minimum atomic E-state index is -0.940. The summed E-state index contributed by atoms with van der Waals surface area (Å²) in [5, 5.41) is 12.4. The first kappa shape index (κ1) is 16.7. The van der Waals surface area contributed by atoms with Crippen molar-refractivity contribution in [3.63, 3.8) is 0 Å². The smallest absolute Gasteiger partial charge is 0.335 e. The summed E-state index contributed by atoms with van der Waals surface area (Å²) < 4.78 is 11.0. The van der Waals surface area contributed by atoms with Crippen molar-refractivity contribution < 1.29 is 19.4 Å². The van der Waals surface area contributed by atoms with E-state index in [0.717, 1.165) is 16.8 Å². The predicted octanol–water partition coefficient (Wildman–Crippen LogP) is 3.71. The normalized spacial score (nSPS) is 10.2. The molecule has 0 spiro atoms. The summed E-state index contributed by atoms with van der Waals surface area (Å²) in [5.41, 5.74) is 2.98. The van der Waals surface area contributed by atoms with Gasteiger partial charge in [-0.1, -0.05) is 18.2 Å². The molecule has 0 unspecified atom stereocenters. The highest BCUT2D eigenvalue weighted by Gasteiger charge is 2.11. The molecule has 0 aliphatic rings. The molecule has 0 aliphatic heterocycles. The van der Waals surface area contributed by atoms with E-state index in [2.05, 4.69) is 5.32 Å². The van der Waals surface area contributed by atoms with Crippen LogP contribution in [-0.2, 0) is 6.54 Å². The number of benzene rings is 2. The lowest BCUT2D eigenvalue weighted by Crippen LogP contribution is -2.06. The number of carbonyl (C=O) groups is 1. The number of ether oxygens (including phenoxy) is 2. The van der Waals surface area contributed by atoms with Crippen molar-refractivity contribution in [3.8, 4) is 11.5 Å². The van der Waals surface area contributed by atoms with E-state index in [4.69, 9.17) is 14.6 Å². The Bertz CT molecular complexity index is 697. The van der Waals surface area contributed by atoms with Gasteiger partial charge in [0.1, 0.15) is 0 Å². The summed E-state index contributed by atoms with van der Waals surface area (Å²) >= 11 is 0. The second-order valence-corrected chi connectivity index (χ2v) is 5.07.